The number of nitrogens with one attached hydrogen (secondary N) is 1. The maximum absolute atomic E-state index is 13.4. The monoisotopic (exact) mass is 456 g/mol. The zero-order chi connectivity index (χ0) is 23.3. The van der Waals surface area contributed by atoms with E-state index in [0.29, 0.717) is 0 Å². The molecule has 0 spiro atoms. The first-order valence-corrected chi connectivity index (χ1v) is 11.3. The summed E-state index contributed by atoms with van der Waals surface area (Å²) in [6.07, 6.45) is 1.48. The third kappa shape index (κ3) is 4.80. The SMILES string of the molecule is COC(=O)c1ccccc1NC(=O)CN(c1ccnn1C(C)C)S(=O)(=O)c1ccccc1. The Bertz CT molecular complexity index is 1210. The molecule has 9 nitrogen and oxygen atoms in total. The van der Waals surface area contributed by atoms with Crippen molar-refractivity contribution in [2.24, 2.45) is 0 Å². The number of ether oxygens (including phenoxy) is 1. The summed E-state index contributed by atoms with van der Waals surface area (Å²) >= 11 is 0. The van der Waals surface area contributed by atoms with Crippen molar-refractivity contribution in [3.63, 3.8) is 0 Å². The molecule has 0 saturated heterocycles. The molecule has 1 N–H and O–H groups in total. The topological polar surface area (TPSA) is 111 Å². The van der Waals surface area contributed by atoms with Gasteiger partial charge >= 0.3 is 5.97 Å². The number of hydrogen-bond donors (Lipinski definition) is 1. The van der Waals surface area contributed by atoms with E-state index in [4.69, 9.17) is 4.74 Å². The zero-order valence-electron chi connectivity index (χ0n) is 17.9. The molecule has 0 unspecified atom stereocenters. The molecule has 3 rings (SSSR count). The minimum Gasteiger partial charge on any atom is -0.465 e. The minimum atomic E-state index is -4.08. The fraction of sp³-hybridized carbons (Fsp3) is 0.227. The van der Waals surface area contributed by atoms with Gasteiger partial charge in [-0.15, -0.1) is 0 Å². The van der Waals surface area contributed by atoms with Crippen LogP contribution in [-0.4, -0.2) is 43.7 Å². The molecule has 0 aliphatic carbocycles. The van der Waals surface area contributed by atoms with Gasteiger partial charge in [-0.3, -0.25) is 4.79 Å². The van der Waals surface area contributed by atoms with Crippen LogP contribution in [0.3, 0.4) is 0 Å². The summed E-state index contributed by atoms with van der Waals surface area (Å²) in [5, 5.41) is 6.82. The van der Waals surface area contributed by atoms with Crippen molar-refractivity contribution >= 4 is 33.4 Å². The van der Waals surface area contributed by atoms with Crippen LogP contribution in [-0.2, 0) is 19.6 Å². The molecule has 10 heteroatoms. The highest BCUT2D eigenvalue weighted by Gasteiger charge is 2.30. The highest BCUT2D eigenvalue weighted by Crippen LogP contribution is 2.26. The number of para-hydroxylation sites is 1. The summed E-state index contributed by atoms with van der Waals surface area (Å²) in [5.41, 5.74) is 0.381. The van der Waals surface area contributed by atoms with E-state index < -0.39 is 28.4 Å². The molecule has 0 fully saturated rings. The molecular weight excluding hydrogens is 432 g/mol. The van der Waals surface area contributed by atoms with Crippen LogP contribution < -0.4 is 9.62 Å². The molecule has 0 aliphatic heterocycles. The second-order valence-electron chi connectivity index (χ2n) is 7.14. The maximum atomic E-state index is 13.4. The second kappa shape index (κ2) is 9.65. The van der Waals surface area contributed by atoms with Gasteiger partial charge in [0.05, 0.1) is 29.5 Å². The lowest BCUT2D eigenvalue weighted by Crippen LogP contribution is -2.39. The normalized spacial score (nSPS) is 11.2. The minimum absolute atomic E-state index is 0.0410. The molecule has 1 aromatic heterocycles. The van der Waals surface area contributed by atoms with Crippen LogP contribution in [0.5, 0.6) is 0 Å². The first-order valence-electron chi connectivity index (χ1n) is 9.84. The number of benzene rings is 2. The van der Waals surface area contributed by atoms with E-state index in [0.717, 1.165) is 4.31 Å². The number of esters is 1. The van der Waals surface area contributed by atoms with Crippen molar-refractivity contribution in [3.05, 3.63) is 72.4 Å². The molecule has 168 valence electrons. The lowest BCUT2D eigenvalue weighted by Gasteiger charge is -2.25. The van der Waals surface area contributed by atoms with Crippen molar-refractivity contribution in [2.45, 2.75) is 24.8 Å². The van der Waals surface area contributed by atoms with E-state index in [1.54, 1.807) is 36.4 Å². The summed E-state index contributed by atoms with van der Waals surface area (Å²) in [5.74, 6) is -0.995. The first-order chi connectivity index (χ1) is 15.3. The molecule has 0 bridgehead atoms. The van der Waals surface area contributed by atoms with Crippen LogP contribution in [0.4, 0.5) is 11.5 Å². The summed E-state index contributed by atoms with van der Waals surface area (Å²) in [7, 11) is -2.84. The lowest BCUT2D eigenvalue weighted by molar-refractivity contribution is -0.114. The van der Waals surface area contributed by atoms with Crippen molar-refractivity contribution in [1.29, 1.82) is 0 Å². The van der Waals surface area contributed by atoms with E-state index in [1.807, 2.05) is 13.8 Å². The largest absolute Gasteiger partial charge is 0.465 e. The molecule has 0 saturated carbocycles. The Hall–Kier alpha value is -3.66. The van der Waals surface area contributed by atoms with Gasteiger partial charge in [-0.25, -0.2) is 22.2 Å². The van der Waals surface area contributed by atoms with Crippen LogP contribution >= 0.6 is 0 Å². The van der Waals surface area contributed by atoms with Gasteiger partial charge < -0.3 is 10.1 Å². The average molecular weight is 457 g/mol. The number of carbonyl (C=O) groups is 2. The summed E-state index contributed by atoms with van der Waals surface area (Å²) < 4.78 is 34.2. The molecule has 0 aliphatic rings. The predicted molar refractivity (Wildman–Crippen MR) is 120 cm³/mol. The van der Waals surface area contributed by atoms with Crippen molar-refractivity contribution in [3.8, 4) is 0 Å². The molecule has 1 amide bonds. The average Bonchev–Trinajstić information content (AvgIpc) is 3.27. The molecule has 0 atom stereocenters. The number of hydrogen-bond acceptors (Lipinski definition) is 6. The quantitative estimate of drug-likeness (QED) is 0.522. The van der Waals surface area contributed by atoms with E-state index >= 15 is 0 Å². The van der Waals surface area contributed by atoms with E-state index in [1.165, 1.54) is 42.3 Å². The van der Waals surface area contributed by atoms with Gasteiger partial charge in [-0.1, -0.05) is 30.3 Å². The highest BCUT2D eigenvalue weighted by atomic mass is 32.2. The Kier molecular flexibility index (Phi) is 6.94. The Morgan fingerprint density at radius 2 is 1.72 bits per heavy atom. The number of amides is 1. The highest BCUT2D eigenvalue weighted by molar-refractivity contribution is 7.92. The van der Waals surface area contributed by atoms with Gasteiger partial charge in [0.1, 0.15) is 12.4 Å². The Morgan fingerprint density at radius 1 is 1.06 bits per heavy atom. The van der Waals surface area contributed by atoms with Gasteiger partial charge in [-0.05, 0) is 38.1 Å². The van der Waals surface area contributed by atoms with Crippen molar-refractivity contribution in [2.75, 3.05) is 23.3 Å². The van der Waals surface area contributed by atoms with Gasteiger partial charge in [0.2, 0.25) is 5.91 Å². The number of sulfonamides is 1. The van der Waals surface area contributed by atoms with Gasteiger partial charge in [0, 0.05) is 12.1 Å². The number of rotatable bonds is 8. The van der Waals surface area contributed by atoms with Gasteiger partial charge in [-0.2, -0.15) is 5.10 Å². The van der Waals surface area contributed by atoms with Gasteiger partial charge in [0.25, 0.3) is 10.0 Å². The zero-order valence-corrected chi connectivity index (χ0v) is 18.7. The Balaban J connectivity index is 1.98. The first kappa shape index (κ1) is 23.0. The predicted octanol–water partition coefficient (Wildman–Crippen LogP) is 3.08. The Labute approximate surface area is 186 Å². The van der Waals surface area contributed by atoms with Crippen LogP contribution in [0.1, 0.15) is 30.2 Å². The second-order valence-corrected chi connectivity index (χ2v) is 9.00. The van der Waals surface area contributed by atoms with E-state index in [2.05, 4.69) is 10.4 Å². The molecule has 0 radical (unpaired) electrons. The molecule has 3 aromatic rings. The number of nitrogens with zero attached hydrogens (tertiary/aromatic N) is 3. The van der Waals surface area contributed by atoms with Crippen LogP contribution in [0.2, 0.25) is 0 Å². The smallest absolute Gasteiger partial charge is 0.339 e. The summed E-state index contributed by atoms with van der Waals surface area (Å²) in [6, 6.07) is 15.6. The van der Waals surface area contributed by atoms with Crippen molar-refractivity contribution < 1.29 is 22.7 Å². The molecule has 32 heavy (non-hydrogen) atoms. The molecule has 1 heterocycles. The fourth-order valence-electron chi connectivity index (χ4n) is 3.11. The summed E-state index contributed by atoms with van der Waals surface area (Å²) in [4.78, 5) is 25.0. The lowest BCUT2D eigenvalue weighted by atomic mass is 10.2. The van der Waals surface area contributed by atoms with Gasteiger partial charge in [0.15, 0.2) is 0 Å². The van der Waals surface area contributed by atoms with Crippen molar-refractivity contribution in [1.82, 2.24) is 9.78 Å². The number of anilines is 2. The van der Waals surface area contributed by atoms with Crippen LogP contribution in [0, 0.1) is 0 Å². The molecule has 2 aromatic carbocycles. The third-order valence-corrected chi connectivity index (χ3v) is 6.38. The third-order valence-electron chi connectivity index (χ3n) is 4.62. The van der Waals surface area contributed by atoms with E-state index in [-0.39, 0.29) is 28.0 Å². The number of aromatic nitrogens is 2. The molecular formula is C22H24N4O5S. The number of methoxy groups -OCH3 is 1. The van der Waals surface area contributed by atoms with E-state index in [9.17, 15) is 18.0 Å². The standard InChI is InChI=1S/C22H24N4O5S/c1-16(2)26-21(13-14-23-26)25(32(29,30)17-9-5-4-6-10-17)15-20(27)24-19-12-8-7-11-18(19)22(28)31-3/h4-14,16H,15H2,1-3H3,(H,24,27). The van der Waals surface area contributed by atoms with Crippen LogP contribution in [0.25, 0.3) is 0 Å². The number of carbonyl (C=O) groups excluding carboxylic acids is 2. The van der Waals surface area contributed by atoms with Crippen LogP contribution in [0.15, 0.2) is 71.8 Å². The fourth-order valence-corrected chi connectivity index (χ4v) is 4.55. The summed E-state index contributed by atoms with van der Waals surface area (Å²) in [6.45, 7) is 3.19. The maximum Gasteiger partial charge on any atom is 0.339 e. The Morgan fingerprint density at radius 3 is 2.38 bits per heavy atom.